The third-order valence-corrected chi connectivity index (χ3v) is 3.57. The zero-order valence-corrected chi connectivity index (χ0v) is 11.8. The molecule has 1 aromatic rings. The van der Waals surface area contributed by atoms with Gasteiger partial charge in [-0.2, -0.15) is 0 Å². The summed E-state index contributed by atoms with van der Waals surface area (Å²) in [7, 11) is 0. The van der Waals surface area contributed by atoms with Crippen LogP contribution >= 0.6 is 0 Å². The van der Waals surface area contributed by atoms with Crippen molar-refractivity contribution in [3.05, 3.63) is 29.3 Å². The molecule has 1 saturated heterocycles. The van der Waals surface area contributed by atoms with E-state index in [1.54, 1.807) is 0 Å². The maximum absolute atomic E-state index is 12.0. The van der Waals surface area contributed by atoms with Gasteiger partial charge in [0.15, 0.2) is 0 Å². The van der Waals surface area contributed by atoms with Gasteiger partial charge >= 0.3 is 0 Å². The van der Waals surface area contributed by atoms with E-state index in [1.165, 1.54) is 5.56 Å². The number of carbonyl (C=O) groups excluding carboxylic acids is 1. The summed E-state index contributed by atoms with van der Waals surface area (Å²) in [5.41, 5.74) is 9.13. The highest BCUT2D eigenvalue weighted by Gasteiger charge is 2.18. The second-order valence-electron chi connectivity index (χ2n) is 5.50. The van der Waals surface area contributed by atoms with Crippen LogP contribution in [-0.4, -0.2) is 36.5 Å². The molecule has 1 aliphatic rings. The van der Waals surface area contributed by atoms with Crippen molar-refractivity contribution >= 4 is 11.6 Å². The highest BCUT2D eigenvalue weighted by atomic mass is 16.2. The van der Waals surface area contributed by atoms with Crippen LogP contribution in [0.15, 0.2) is 18.2 Å². The van der Waals surface area contributed by atoms with Crippen LogP contribution in [0.25, 0.3) is 0 Å². The molecule has 3 N–H and O–H groups in total. The molecule has 1 aliphatic heterocycles. The first-order valence-electron chi connectivity index (χ1n) is 6.89. The number of hydrogen-bond acceptors (Lipinski definition) is 3. The summed E-state index contributed by atoms with van der Waals surface area (Å²) in [6.45, 7) is 6.28. The van der Waals surface area contributed by atoms with Gasteiger partial charge in [-0.05, 0) is 44.9 Å². The van der Waals surface area contributed by atoms with Gasteiger partial charge in [0, 0.05) is 18.3 Å². The summed E-state index contributed by atoms with van der Waals surface area (Å²) in [5, 5.41) is 2.98. The summed E-state index contributed by atoms with van der Waals surface area (Å²) in [6.07, 6.45) is 2.15. The minimum Gasteiger partial charge on any atom is -0.327 e. The lowest BCUT2D eigenvalue weighted by Crippen LogP contribution is -2.45. The van der Waals surface area contributed by atoms with E-state index in [-0.39, 0.29) is 11.9 Å². The molecule has 0 aromatic heterocycles. The zero-order valence-electron chi connectivity index (χ0n) is 11.8. The van der Waals surface area contributed by atoms with Crippen LogP contribution in [0.5, 0.6) is 0 Å². The Kier molecular flexibility index (Phi) is 4.56. The Hall–Kier alpha value is -1.39. The number of amides is 1. The zero-order chi connectivity index (χ0) is 13.8. The molecule has 1 fully saturated rings. The average molecular weight is 261 g/mol. The first-order chi connectivity index (χ1) is 9.04. The van der Waals surface area contributed by atoms with Crippen LogP contribution in [-0.2, 0) is 4.79 Å². The molecule has 1 aromatic carbocycles. The molecule has 0 spiro atoms. The average Bonchev–Trinajstić information content (AvgIpc) is 2.33. The molecule has 0 radical (unpaired) electrons. The Labute approximate surface area is 115 Å². The van der Waals surface area contributed by atoms with Crippen molar-refractivity contribution in [2.75, 3.05) is 25.0 Å². The number of likely N-dealkylation sites (tertiary alicyclic amines) is 1. The molecular weight excluding hydrogens is 238 g/mol. The van der Waals surface area contributed by atoms with E-state index in [4.69, 9.17) is 5.73 Å². The van der Waals surface area contributed by atoms with Crippen molar-refractivity contribution in [1.29, 1.82) is 0 Å². The smallest absolute Gasteiger partial charge is 0.238 e. The third kappa shape index (κ3) is 4.04. The maximum Gasteiger partial charge on any atom is 0.238 e. The van der Waals surface area contributed by atoms with Gasteiger partial charge in [0.2, 0.25) is 5.91 Å². The molecular formula is C15H23N3O. The summed E-state index contributed by atoms with van der Waals surface area (Å²) >= 11 is 0. The number of nitrogens with zero attached hydrogens (tertiary/aromatic N) is 1. The van der Waals surface area contributed by atoms with E-state index in [9.17, 15) is 4.79 Å². The van der Waals surface area contributed by atoms with Crippen LogP contribution in [0.1, 0.15) is 24.0 Å². The number of rotatable bonds is 3. The fraction of sp³-hybridized carbons (Fsp3) is 0.533. The molecule has 0 saturated carbocycles. The van der Waals surface area contributed by atoms with Crippen molar-refractivity contribution in [3.63, 3.8) is 0 Å². The van der Waals surface area contributed by atoms with Crippen LogP contribution in [0.4, 0.5) is 5.69 Å². The second-order valence-corrected chi connectivity index (χ2v) is 5.50. The van der Waals surface area contributed by atoms with Gasteiger partial charge in [-0.3, -0.25) is 9.69 Å². The van der Waals surface area contributed by atoms with Crippen molar-refractivity contribution in [2.24, 2.45) is 5.73 Å². The number of aryl methyl sites for hydroxylation is 2. The van der Waals surface area contributed by atoms with Crippen LogP contribution < -0.4 is 11.1 Å². The van der Waals surface area contributed by atoms with Crippen molar-refractivity contribution < 1.29 is 4.79 Å². The number of carbonyl (C=O) groups is 1. The lowest BCUT2D eigenvalue weighted by atomic mass is 10.1. The van der Waals surface area contributed by atoms with E-state index < -0.39 is 0 Å². The van der Waals surface area contributed by atoms with Gasteiger partial charge in [0.25, 0.3) is 0 Å². The standard InChI is InChI=1S/C15H23N3O/c1-11-5-6-14(12(2)8-11)17-15(19)10-18-7-3-4-13(16)9-18/h5-6,8,13H,3-4,7,9-10,16H2,1-2H3,(H,17,19)/t13-/m1/s1. The Morgan fingerprint density at radius 2 is 2.26 bits per heavy atom. The predicted molar refractivity (Wildman–Crippen MR) is 78.2 cm³/mol. The highest BCUT2D eigenvalue weighted by molar-refractivity contribution is 5.93. The number of hydrogen-bond donors (Lipinski definition) is 2. The first kappa shape index (κ1) is 14.0. The molecule has 19 heavy (non-hydrogen) atoms. The van der Waals surface area contributed by atoms with Crippen LogP contribution in [0, 0.1) is 13.8 Å². The minimum absolute atomic E-state index is 0.0426. The molecule has 1 atom stereocenters. The van der Waals surface area contributed by atoms with Gasteiger partial charge in [-0.15, -0.1) is 0 Å². The molecule has 0 unspecified atom stereocenters. The Balaban J connectivity index is 1.90. The summed E-state index contributed by atoms with van der Waals surface area (Å²) in [5.74, 6) is 0.0426. The van der Waals surface area contributed by atoms with Crippen molar-refractivity contribution in [3.8, 4) is 0 Å². The summed E-state index contributed by atoms with van der Waals surface area (Å²) < 4.78 is 0. The molecule has 4 heteroatoms. The minimum atomic E-state index is 0.0426. The second kappa shape index (κ2) is 6.17. The molecule has 2 rings (SSSR count). The Bertz CT molecular complexity index is 459. The van der Waals surface area contributed by atoms with Gasteiger partial charge < -0.3 is 11.1 Å². The third-order valence-electron chi connectivity index (χ3n) is 3.57. The highest BCUT2D eigenvalue weighted by Crippen LogP contribution is 2.16. The van der Waals surface area contributed by atoms with E-state index in [0.29, 0.717) is 6.54 Å². The topological polar surface area (TPSA) is 58.4 Å². The van der Waals surface area contributed by atoms with Gasteiger partial charge in [-0.1, -0.05) is 17.7 Å². The number of benzene rings is 1. The molecule has 1 heterocycles. The molecule has 0 bridgehead atoms. The first-order valence-corrected chi connectivity index (χ1v) is 6.89. The van der Waals surface area contributed by atoms with E-state index >= 15 is 0 Å². The largest absolute Gasteiger partial charge is 0.327 e. The lowest BCUT2D eigenvalue weighted by Gasteiger charge is -2.30. The van der Waals surface area contributed by atoms with Crippen LogP contribution in [0.3, 0.4) is 0 Å². The Morgan fingerprint density at radius 1 is 1.47 bits per heavy atom. The van der Waals surface area contributed by atoms with E-state index in [0.717, 1.165) is 37.2 Å². The Morgan fingerprint density at radius 3 is 2.95 bits per heavy atom. The van der Waals surface area contributed by atoms with Gasteiger partial charge in [0.05, 0.1) is 6.54 Å². The summed E-state index contributed by atoms with van der Waals surface area (Å²) in [4.78, 5) is 14.2. The monoisotopic (exact) mass is 261 g/mol. The van der Waals surface area contributed by atoms with Crippen molar-refractivity contribution in [1.82, 2.24) is 4.90 Å². The fourth-order valence-electron chi connectivity index (χ4n) is 2.58. The molecule has 1 amide bonds. The predicted octanol–water partition coefficient (Wildman–Crippen LogP) is 1.67. The summed E-state index contributed by atoms with van der Waals surface area (Å²) in [6, 6.07) is 6.26. The fourth-order valence-corrected chi connectivity index (χ4v) is 2.58. The quantitative estimate of drug-likeness (QED) is 0.870. The van der Waals surface area contributed by atoms with Gasteiger partial charge in [-0.25, -0.2) is 0 Å². The number of nitrogens with two attached hydrogens (primary N) is 1. The van der Waals surface area contributed by atoms with Crippen molar-refractivity contribution in [2.45, 2.75) is 32.7 Å². The van der Waals surface area contributed by atoms with Gasteiger partial charge in [0.1, 0.15) is 0 Å². The van der Waals surface area contributed by atoms with E-state index in [1.807, 2.05) is 26.0 Å². The normalized spacial score (nSPS) is 20.3. The molecule has 104 valence electrons. The maximum atomic E-state index is 12.0. The molecule has 4 nitrogen and oxygen atoms in total. The van der Waals surface area contributed by atoms with E-state index in [2.05, 4.69) is 16.3 Å². The molecule has 0 aliphatic carbocycles. The van der Waals surface area contributed by atoms with Crippen LogP contribution in [0.2, 0.25) is 0 Å². The number of piperidine rings is 1. The number of anilines is 1. The number of nitrogens with one attached hydrogen (secondary N) is 1. The lowest BCUT2D eigenvalue weighted by molar-refractivity contribution is -0.117. The SMILES string of the molecule is Cc1ccc(NC(=O)CN2CCC[C@@H](N)C2)c(C)c1.